The van der Waals surface area contributed by atoms with E-state index in [0.717, 1.165) is 5.56 Å². The van der Waals surface area contributed by atoms with Gasteiger partial charge in [0.25, 0.3) is 0 Å². The number of hydrogen-bond donors (Lipinski definition) is 0. The summed E-state index contributed by atoms with van der Waals surface area (Å²) in [6.45, 7) is 0.862. The van der Waals surface area contributed by atoms with Crippen molar-refractivity contribution in [1.82, 2.24) is 0 Å². The van der Waals surface area contributed by atoms with Crippen LogP contribution >= 0.6 is 11.6 Å². The molecular formula is C18H14ClNO3. The van der Waals surface area contributed by atoms with Crippen LogP contribution in [0.15, 0.2) is 54.6 Å². The minimum absolute atomic E-state index is 0.139. The van der Waals surface area contributed by atoms with Crippen LogP contribution in [-0.2, 0) is 4.74 Å². The molecule has 0 bridgehead atoms. The standard InChI is InChI=1S/C18H14ClNO3/c19-15-5-1-3-13(11-15)7-8-17(21)14-4-2-6-16(12-14)20-9-10-23-18(20)22/h1-8,11-12H,9-10H2. The Bertz CT molecular complexity index is 785. The number of amides is 1. The third kappa shape index (κ3) is 3.60. The first-order chi connectivity index (χ1) is 11.1. The van der Waals surface area contributed by atoms with Crippen molar-refractivity contribution in [3.05, 3.63) is 70.8 Å². The maximum absolute atomic E-state index is 12.3. The number of halogens is 1. The maximum atomic E-state index is 12.3. The van der Waals surface area contributed by atoms with Crippen LogP contribution in [0.2, 0.25) is 5.02 Å². The fraction of sp³-hybridized carbons (Fsp3) is 0.111. The van der Waals surface area contributed by atoms with Gasteiger partial charge in [0.15, 0.2) is 5.78 Å². The molecule has 0 aromatic heterocycles. The monoisotopic (exact) mass is 327 g/mol. The van der Waals surface area contributed by atoms with Gasteiger partial charge in [0.1, 0.15) is 6.61 Å². The van der Waals surface area contributed by atoms with E-state index < -0.39 is 0 Å². The second-order valence-electron chi connectivity index (χ2n) is 5.07. The van der Waals surface area contributed by atoms with Gasteiger partial charge in [0, 0.05) is 16.3 Å². The van der Waals surface area contributed by atoms with Gasteiger partial charge in [-0.05, 0) is 35.9 Å². The number of anilines is 1. The molecule has 0 spiro atoms. The number of rotatable bonds is 4. The van der Waals surface area contributed by atoms with E-state index in [-0.39, 0.29) is 11.9 Å². The van der Waals surface area contributed by atoms with E-state index >= 15 is 0 Å². The third-order valence-corrected chi connectivity index (χ3v) is 3.71. The summed E-state index contributed by atoms with van der Waals surface area (Å²) in [5.74, 6) is -0.139. The lowest BCUT2D eigenvalue weighted by Crippen LogP contribution is -2.23. The van der Waals surface area contributed by atoms with Crippen LogP contribution < -0.4 is 4.90 Å². The fourth-order valence-electron chi connectivity index (χ4n) is 2.33. The van der Waals surface area contributed by atoms with Crippen molar-refractivity contribution in [3.63, 3.8) is 0 Å². The lowest BCUT2D eigenvalue weighted by atomic mass is 10.1. The van der Waals surface area contributed by atoms with Gasteiger partial charge >= 0.3 is 6.09 Å². The van der Waals surface area contributed by atoms with Crippen LogP contribution in [0.5, 0.6) is 0 Å². The van der Waals surface area contributed by atoms with Crippen molar-refractivity contribution >= 4 is 35.2 Å². The Hall–Kier alpha value is -2.59. The molecule has 0 aliphatic carbocycles. The second kappa shape index (κ2) is 6.67. The largest absolute Gasteiger partial charge is 0.447 e. The lowest BCUT2D eigenvalue weighted by Gasteiger charge is -2.13. The van der Waals surface area contributed by atoms with E-state index in [1.165, 1.54) is 11.0 Å². The van der Waals surface area contributed by atoms with Gasteiger partial charge in [-0.25, -0.2) is 4.79 Å². The summed E-state index contributed by atoms with van der Waals surface area (Å²) >= 11 is 5.92. The molecule has 0 radical (unpaired) electrons. The zero-order valence-electron chi connectivity index (χ0n) is 12.2. The van der Waals surface area contributed by atoms with Gasteiger partial charge in [0.2, 0.25) is 0 Å². The maximum Gasteiger partial charge on any atom is 0.414 e. The van der Waals surface area contributed by atoms with Crippen LogP contribution in [0.4, 0.5) is 10.5 Å². The van der Waals surface area contributed by atoms with E-state index in [1.54, 1.807) is 42.5 Å². The van der Waals surface area contributed by atoms with Crippen molar-refractivity contribution in [1.29, 1.82) is 0 Å². The highest BCUT2D eigenvalue weighted by Gasteiger charge is 2.23. The highest BCUT2D eigenvalue weighted by molar-refractivity contribution is 6.30. The Balaban J connectivity index is 1.78. The molecule has 3 rings (SSSR count). The first-order valence-electron chi connectivity index (χ1n) is 7.16. The van der Waals surface area contributed by atoms with E-state index in [2.05, 4.69) is 0 Å². The number of carbonyl (C=O) groups is 2. The lowest BCUT2D eigenvalue weighted by molar-refractivity contribution is 0.104. The van der Waals surface area contributed by atoms with E-state index in [0.29, 0.717) is 29.4 Å². The van der Waals surface area contributed by atoms with Gasteiger partial charge in [-0.2, -0.15) is 0 Å². The molecular weight excluding hydrogens is 314 g/mol. The number of benzene rings is 2. The summed E-state index contributed by atoms with van der Waals surface area (Å²) < 4.78 is 4.91. The number of carbonyl (C=O) groups excluding carboxylic acids is 2. The van der Waals surface area contributed by atoms with Crippen LogP contribution in [-0.4, -0.2) is 25.0 Å². The Morgan fingerprint density at radius 2 is 2.00 bits per heavy atom. The number of ether oxygens (including phenoxy) is 1. The molecule has 1 fully saturated rings. The minimum atomic E-state index is -0.385. The van der Waals surface area contributed by atoms with Crippen molar-refractivity contribution < 1.29 is 14.3 Å². The number of allylic oxidation sites excluding steroid dienone is 1. The first kappa shape index (κ1) is 15.3. The normalized spacial score (nSPS) is 14.3. The summed E-state index contributed by atoms with van der Waals surface area (Å²) in [5, 5.41) is 0.620. The smallest absolute Gasteiger partial charge is 0.414 e. The molecule has 23 heavy (non-hydrogen) atoms. The van der Waals surface area contributed by atoms with Gasteiger partial charge in [-0.15, -0.1) is 0 Å². The zero-order chi connectivity index (χ0) is 16.2. The second-order valence-corrected chi connectivity index (χ2v) is 5.51. The minimum Gasteiger partial charge on any atom is -0.447 e. The van der Waals surface area contributed by atoms with Gasteiger partial charge in [0.05, 0.1) is 6.54 Å². The van der Waals surface area contributed by atoms with Crippen LogP contribution in [0.25, 0.3) is 6.08 Å². The van der Waals surface area contributed by atoms with Gasteiger partial charge in [-0.1, -0.05) is 41.9 Å². The molecule has 5 heteroatoms. The molecule has 1 saturated heterocycles. The number of nitrogens with zero attached hydrogens (tertiary/aromatic N) is 1. The molecule has 4 nitrogen and oxygen atoms in total. The predicted molar refractivity (Wildman–Crippen MR) is 90.0 cm³/mol. The molecule has 116 valence electrons. The van der Waals surface area contributed by atoms with Gasteiger partial charge in [-0.3, -0.25) is 9.69 Å². The molecule has 0 N–H and O–H groups in total. The predicted octanol–water partition coefficient (Wildman–Crippen LogP) is 4.19. The molecule has 0 saturated carbocycles. The number of hydrogen-bond acceptors (Lipinski definition) is 3. The van der Waals surface area contributed by atoms with Crippen LogP contribution in [0.3, 0.4) is 0 Å². The fourth-order valence-corrected chi connectivity index (χ4v) is 2.53. The van der Waals surface area contributed by atoms with Gasteiger partial charge < -0.3 is 4.74 Å². The van der Waals surface area contributed by atoms with Crippen molar-refractivity contribution in [2.24, 2.45) is 0 Å². The quantitative estimate of drug-likeness (QED) is 0.624. The molecule has 0 atom stereocenters. The molecule has 2 aromatic rings. The Morgan fingerprint density at radius 3 is 2.74 bits per heavy atom. The summed E-state index contributed by atoms with van der Waals surface area (Å²) in [4.78, 5) is 25.4. The van der Waals surface area contributed by atoms with E-state index in [4.69, 9.17) is 16.3 Å². The molecule has 1 aliphatic rings. The summed E-state index contributed by atoms with van der Waals surface area (Å²) in [7, 11) is 0. The molecule has 1 heterocycles. The Morgan fingerprint density at radius 1 is 1.17 bits per heavy atom. The Labute approximate surface area is 138 Å². The van der Waals surface area contributed by atoms with E-state index in [1.807, 2.05) is 12.1 Å². The van der Waals surface area contributed by atoms with Crippen molar-refractivity contribution in [3.8, 4) is 0 Å². The first-order valence-corrected chi connectivity index (χ1v) is 7.53. The summed E-state index contributed by atoms with van der Waals surface area (Å²) in [6, 6.07) is 14.2. The average molecular weight is 328 g/mol. The average Bonchev–Trinajstić information content (AvgIpc) is 2.99. The van der Waals surface area contributed by atoms with Crippen LogP contribution in [0, 0.1) is 0 Å². The highest BCUT2D eigenvalue weighted by Crippen LogP contribution is 2.20. The molecule has 0 unspecified atom stereocenters. The van der Waals surface area contributed by atoms with Crippen molar-refractivity contribution in [2.45, 2.75) is 0 Å². The zero-order valence-corrected chi connectivity index (χ0v) is 13.0. The molecule has 2 aromatic carbocycles. The SMILES string of the molecule is O=C(C=Cc1cccc(Cl)c1)c1cccc(N2CCOC2=O)c1. The number of ketones is 1. The van der Waals surface area contributed by atoms with Crippen molar-refractivity contribution in [2.75, 3.05) is 18.1 Å². The van der Waals surface area contributed by atoms with Crippen LogP contribution in [0.1, 0.15) is 15.9 Å². The topological polar surface area (TPSA) is 46.6 Å². The van der Waals surface area contributed by atoms with E-state index in [9.17, 15) is 9.59 Å². The highest BCUT2D eigenvalue weighted by atomic mass is 35.5. The molecule has 1 amide bonds. The summed E-state index contributed by atoms with van der Waals surface area (Å²) in [6.07, 6.45) is 2.82. The number of cyclic esters (lactones) is 1. The summed E-state index contributed by atoms with van der Waals surface area (Å²) in [5.41, 5.74) is 2.03. The third-order valence-electron chi connectivity index (χ3n) is 3.48. The Kier molecular flexibility index (Phi) is 4.44. The molecule has 1 aliphatic heterocycles.